The number of hydrogen-bond acceptors (Lipinski definition) is 4. The maximum atomic E-state index is 11.9. The molecular weight excluding hydrogens is 315 g/mol. The first-order valence-corrected chi connectivity index (χ1v) is 6.78. The molecule has 0 saturated carbocycles. The van der Waals surface area contributed by atoms with Gasteiger partial charge in [0.15, 0.2) is 0 Å². The molecule has 2 aromatic rings. The van der Waals surface area contributed by atoms with Crippen LogP contribution in [-0.2, 0) is 11.3 Å². The number of carbonyl (C=O) groups is 1. The number of nitrogen functional groups attached to an aromatic ring is 1. The fourth-order valence-electron chi connectivity index (χ4n) is 1.70. The molecule has 0 fully saturated rings. The van der Waals surface area contributed by atoms with Crippen LogP contribution in [0.5, 0.6) is 0 Å². The molecular formula is C13H12Cl2N4O2. The topological polar surface area (TPSA) is 90.0 Å². The number of aryl methyl sites for hydroxylation is 1. The lowest BCUT2D eigenvalue weighted by Gasteiger charge is -2.11. The zero-order chi connectivity index (χ0) is 15.4. The lowest BCUT2D eigenvalue weighted by Crippen LogP contribution is -2.22. The average Bonchev–Trinajstić information content (AvgIpc) is 2.42. The Hall–Kier alpha value is -2.05. The summed E-state index contributed by atoms with van der Waals surface area (Å²) in [5, 5.41) is 3.25. The Labute approximate surface area is 130 Å². The summed E-state index contributed by atoms with van der Waals surface area (Å²) in [4.78, 5) is 27.2. The quantitative estimate of drug-likeness (QED) is 0.842. The molecule has 1 amide bonds. The van der Waals surface area contributed by atoms with E-state index in [2.05, 4.69) is 10.3 Å². The lowest BCUT2D eigenvalue weighted by molar-refractivity contribution is -0.116. The van der Waals surface area contributed by atoms with E-state index in [1.54, 1.807) is 0 Å². The van der Waals surface area contributed by atoms with Gasteiger partial charge in [-0.25, -0.2) is 4.98 Å². The van der Waals surface area contributed by atoms with Crippen molar-refractivity contribution in [1.82, 2.24) is 9.55 Å². The minimum Gasteiger partial charge on any atom is -0.397 e. The van der Waals surface area contributed by atoms with Gasteiger partial charge in [-0.1, -0.05) is 23.2 Å². The second-order valence-corrected chi connectivity index (χ2v) is 5.11. The summed E-state index contributed by atoms with van der Waals surface area (Å²) in [6.07, 6.45) is 2.86. The molecule has 0 bridgehead atoms. The Balaban J connectivity index is 2.03. The smallest absolute Gasteiger partial charge is 0.253 e. The summed E-state index contributed by atoms with van der Waals surface area (Å²) >= 11 is 11.8. The van der Waals surface area contributed by atoms with Gasteiger partial charge >= 0.3 is 0 Å². The molecule has 0 aliphatic rings. The molecule has 6 nitrogen and oxygen atoms in total. The number of hydrogen-bond donors (Lipinski definition) is 2. The molecule has 1 aromatic heterocycles. The maximum Gasteiger partial charge on any atom is 0.253 e. The maximum absolute atomic E-state index is 11.9. The van der Waals surface area contributed by atoms with Crippen LogP contribution in [0.4, 0.5) is 11.4 Å². The minimum absolute atomic E-state index is 0.0873. The van der Waals surface area contributed by atoms with Gasteiger partial charge in [0.1, 0.15) is 0 Å². The highest BCUT2D eigenvalue weighted by Gasteiger charge is 2.11. The van der Waals surface area contributed by atoms with Gasteiger partial charge in [0.2, 0.25) is 5.91 Å². The normalized spacial score (nSPS) is 10.4. The number of carbonyl (C=O) groups excluding carboxylic acids is 1. The first kappa shape index (κ1) is 15.3. The third kappa shape index (κ3) is 3.96. The third-order valence-electron chi connectivity index (χ3n) is 2.72. The predicted molar refractivity (Wildman–Crippen MR) is 82.6 cm³/mol. The molecule has 8 heteroatoms. The Morgan fingerprint density at radius 2 is 2.14 bits per heavy atom. The SMILES string of the molecule is Nc1cc(Cl)cc(Cl)c1NC(=O)CCn1cnccc1=O. The van der Waals surface area contributed by atoms with Gasteiger partial charge in [0.25, 0.3) is 5.56 Å². The van der Waals surface area contributed by atoms with Crippen LogP contribution < -0.4 is 16.6 Å². The number of halogens is 2. The Morgan fingerprint density at radius 1 is 1.38 bits per heavy atom. The number of nitrogens with two attached hydrogens (primary N) is 1. The Kier molecular flexibility index (Phi) is 4.82. The molecule has 0 saturated heterocycles. The molecule has 21 heavy (non-hydrogen) atoms. The second-order valence-electron chi connectivity index (χ2n) is 4.26. The first-order valence-electron chi connectivity index (χ1n) is 6.02. The monoisotopic (exact) mass is 326 g/mol. The fourth-order valence-corrected chi connectivity index (χ4v) is 2.25. The van der Waals surface area contributed by atoms with Crippen molar-refractivity contribution in [2.75, 3.05) is 11.1 Å². The number of anilines is 2. The van der Waals surface area contributed by atoms with Crippen molar-refractivity contribution in [3.05, 3.63) is 51.1 Å². The van der Waals surface area contributed by atoms with Crippen molar-refractivity contribution in [3.8, 4) is 0 Å². The van der Waals surface area contributed by atoms with Crippen molar-refractivity contribution >= 4 is 40.5 Å². The molecule has 0 radical (unpaired) electrons. The van der Waals surface area contributed by atoms with E-state index in [0.29, 0.717) is 10.7 Å². The molecule has 1 aromatic carbocycles. The van der Waals surface area contributed by atoms with Crippen molar-refractivity contribution in [2.45, 2.75) is 13.0 Å². The van der Waals surface area contributed by atoms with Crippen LogP contribution >= 0.6 is 23.2 Å². The van der Waals surface area contributed by atoms with Crippen molar-refractivity contribution in [3.63, 3.8) is 0 Å². The number of rotatable bonds is 4. The summed E-state index contributed by atoms with van der Waals surface area (Å²) in [5.41, 5.74) is 6.12. The zero-order valence-corrected chi connectivity index (χ0v) is 12.4. The van der Waals surface area contributed by atoms with E-state index in [-0.39, 0.29) is 35.1 Å². The van der Waals surface area contributed by atoms with E-state index < -0.39 is 0 Å². The van der Waals surface area contributed by atoms with Gasteiger partial charge in [-0.15, -0.1) is 0 Å². The molecule has 110 valence electrons. The highest BCUT2D eigenvalue weighted by atomic mass is 35.5. The van der Waals surface area contributed by atoms with Crippen LogP contribution in [0.2, 0.25) is 10.0 Å². The molecule has 0 aliphatic heterocycles. The molecule has 0 spiro atoms. The van der Waals surface area contributed by atoms with Gasteiger partial charge in [-0.2, -0.15) is 0 Å². The first-order chi connectivity index (χ1) is 9.97. The van der Waals surface area contributed by atoms with E-state index in [1.165, 1.54) is 35.3 Å². The van der Waals surface area contributed by atoms with E-state index in [9.17, 15) is 9.59 Å². The molecule has 0 atom stereocenters. The van der Waals surface area contributed by atoms with Crippen LogP contribution in [0.25, 0.3) is 0 Å². The van der Waals surface area contributed by atoms with Crippen LogP contribution in [-0.4, -0.2) is 15.5 Å². The van der Waals surface area contributed by atoms with Gasteiger partial charge < -0.3 is 11.1 Å². The van der Waals surface area contributed by atoms with Crippen molar-refractivity contribution in [2.24, 2.45) is 0 Å². The summed E-state index contributed by atoms with van der Waals surface area (Å²) < 4.78 is 1.34. The van der Waals surface area contributed by atoms with Crippen LogP contribution in [0.3, 0.4) is 0 Å². The number of nitrogens with one attached hydrogen (secondary N) is 1. The number of benzene rings is 1. The Morgan fingerprint density at radius 3 is 2.81 bits per heavy atom. The van der Waals surface area contributed by atoms with Gasteiger partial charge in [-0.05, 0) is 12.1 Å². The summed E-state index contributed by atoms with van der Waals surface area (Å²) in [5.74, 6) is -0.318. The summed E-state index contributed by atoms with van der Waals surface area (Å²) in [6, 6.07) is 4.31. The molecule has 3 N–H and O–H groups in total. The van der Waals surface area contributed by atoms with E-state index >= 15 is 0 Å². The van der Waals surface area contributed by atoms with Gasteiger partial charge in [0.05, 0.1) is 22.7 Å². The summed E-state index contributed by atoms with van der Waals surface area (Å²) in [7, 11) is 0. The molecule has 1 heterocycles. The number of nitrogens with zero attached hydrogens (tertiary/aromatic N) is 2. The Bertz CT molecular complexity index is 707. The lowest BCUT2D eigenvalue weighted by atomic mass is 10.2. The highest BCUT2D eigenvalue weighted by molar-refractivity contribution is 6.37. The molecule has 2 rings (SSSR count). The summed E-state index contributed by atoms with van der Waals surface area (Å²) in [6.45, 7) is 0.212. The average molecular weight is 327 g/mol. The van der Waals surface area contributed by atoms with Crippen molar-refractivity contribution < 1.29 is 4.79 Å². The number of aromatic nitrogens is 2. The van der Waals surface area contributed by atoms with Crippen LogP contribution in [0.15, 0.2) is 35.5 Å². The highest BCUT2D eigenvalue weighted by Crippen LogP contribution is 2.32. The zero-order valence-electron chi connectivity index (χ0n) is 10.8. The van der Waals surface area contributed by atoms with Crippen molar-refractivity contribution in [1.29, 1.82) is 0 Å². The largest absolute Gasteiger partial charge is 0.397 e. The minimum atomic E-state index is -0.318. The van der Waals surface area contributed by atoms with Gasteiger partial charge in [0, 0.05) is 30.3 Å². The third-order valence-corrected chi connectivity index (χ3v) is 3.24. The van der Waals surface area contributed by atoms with E-state index in [1.807, 2.05) is 0 Å². The van der Waals surface area contributed by atoms with Gasteiger partial charge in [-0.3, -0.25) is 14.2 Å². The van der Waals surface area contributed by atoms with E-state index in [4.69, 9.17) is 28.9 Å². The molecule has 0 aliphatic carbocycles. The van der Waals surface area contributed by atoms with Crippen LogP contribution in [0, 0.1) is 0 Å². The van der Waals surface area contributed by atoms with E-state index in [0.717, 1.165) is 0 Å². The standard InChI is InChI=1S/C13H12Cl2N4O2/c14-8-5-9(15)13(10(16)6-8)18-11(20)2-4-19-7-17-3-1-12(19)21/h1,3,5-7H,2,4,16H2,(H,18,20). The fraction of sp³-hybridized carbons (Fsp3) is 0.154. The molecule has 0 unspecified atom stereocenters. The second kappa shape index (κ2) is 6.60. The predicted octanol–water partition coefficient (Wildman–Crippen LogP) is 2.16. The van der Waals surface area contributed by atoms with Crippen LogP contribution in [0.1, 0.15) is 6.42 Å². The number of amides is 1.